The summed E-state index contributed by atoms with van der Waals surface area (Å²) in [5.74, 6) is -1.00. The molecule has 3 nitrogen and oxygen atoms in total. The minimum Gasteiger partial charge on any atom is -0.478 e. The number of hydrogen-bond acceptors (Lipinski definition) is 2. The van der Waals surface area contributed by atoms with Gasteiger partial charge in [0.05, 0.1) is 5.69 Å². The van der Waals surface area contributed by atoms with Crippen LogP contribution in [0, 0.1) is 0 Å². The summed E-state index contributed by atoms with van der Waals surface area (Å²) in [5.41, 5.74) is 8.62. The second-order valence-electron chi connectivity index (χ2n) is 4.26. The normalized spacial score (nSPS) is 11.5. The van der Waals surface area contributed by atoms with Gasteiger partial charge in [0.15, 0.2) is 0 Å². The maximum absolute atomic E-state index is 11.1. The van der Waals surface area contributed by atoms with E-state index < -0.39 is 5.97 Å². The van der Waals surface area contributed by atoms with Crippen molar-refractivity contribution >= 4 is 65.0 Å². The van der Waals surface area contributed by atoms with Crippen molar-refractivity contribution < 1.29 is 9.90 Å². The SMILES string of the molecule is Nc1c(Br)cc(/C(=C/C(=O)O)c2ccc(Br)cc2)cc1Br. The highest BCUT2D eigenvalue weighted by molar-refractivity contribution is 9.11. The number of aliphatic carboxylic acids is 1. The summed E-state index contributed by atoms with van der Waals surface area (Å²) in [5, 5.41) is 9.12. The average molecular weight is 476 g/mol. The lowest BCUT2D eigenvalue weighted by Gasteiger charge is -2.11. The van der Waals surface area contributed by atoms with Crippen LogP contribution in [0.3, 0.4) is 0 Å². The van der Waals surface area contributed by atoms with Gasteiger partial charge in [-0.05, 0) is 72.8 Å². The van der Waals surface area contributed by atoms with E-state index in [1.54, 1.807) is 12.1 Å². The molecule has 0 spiro atoms. The average Bonchev–Trinajstić information content (AvgIpc) is 2.42. The van der Waals surface area contributed by atoms with Gasteiger partial charge < -0.3 is 10.8 Å². The van der Waals surface area contributed by atoms with E-state index in [-0.39, 0.29) is 0 Å². The van der Waals surface area contributed by atoms with Crippen LogP contribution in [0.4, 0.5) is 5.69 Å². The van der Waals surface area contributed by atoms with Gasteiger partial charge in [0.2, 0.25) is 0 Å². The number of anilines is 1. The first-order valence-electron chi connectivity index (χ1n) is 5.84. The molecule has 0 saturated carbocycles. The fraction of sp³-hybridized carbons (Fsp3) is 0. The number of hydrogen-bond donors (Lipinski definition) is 2. The molecule has 0 aliphatic carbocycles. The maximum atomic E-state index is 11.1. The van der Waals surface area contributed by atoms with Crippen LogP contribution in [0.1, 0.15) is 11.1 Å². The summed E-state index contributed by atoms with van der Waals surface area (Å²) in [7, 11) is 0. The summed E-state index contributed by atoms with van der Waals surface area (Å²) in [6.07, 6.45) is 1.19. The molecule has 0 amide bonds. The fourth-order valence-corrected chi connectivity index (χ4v) is 3.28. The fourth-order valence-electron chi connectivity index (χ4n) is 1.83. The number of benzene rings is 2. The predicted molar refractivity (Wildman–Crippen MR) is 95.1 cm³/mol. The molecule has 3 N–H and O–H groups in total. The van der Waals surface area contributed by atoms with Gasteiger partial charge in [0.25, 0.3) is 0 Å². The number of carboxylic acids is 1. The molecule has 0 fully saturated rings. The Morgan fingerprint density at radius 3 is 2.00 bits per heavy atom. The first-order valence-corrected chi connectivity index (χ1v) is 8.22. The van der Waals surface area contributed by atoms with Crippen molar-refractivity contribution in [1.82, 2.24) is 0 Å². The van der Waals surface area contributed by atoms with Gasteiger partial charge in [0.1, 0.15) is 0 Å². The molecule has 108 valence electrons. The summed E-state index contributed by atoms with van der Waals surface area (Å²) < 4.78 is 2.35. The predicted octanol–water partition coefficient (Wildman–Crippen LogP) is 5.07. The van der Waals surface area contributed by atoms with Crippen molar-refractivity contribution in [2.45, 2.75) is 0 Å². The second kappa shape index (κ2) is 6.77. The van der Waals surface area contributed by atoms with Gasteiger partial charge in [-0.25, -0.2) is 4.79 Å². The van der Waals surface area contributed by atoms with Crippen LogP contribution in [0.5, 0.6) is 0 Å². The van der Waals surface area contributed by atoms with Crippen LogP contribution in [0.2, 0.25) is 0 Å². The smallest absolute Gasteiger partial charge is 0.328 e. The number of rotatable bonds is 3. The van der Waals surface area contributed by atoms with Gasteiger partial charge in [-0.3, -0.25) is 0 Å². The van der Waals surface area contributed by atoms with Crippen molar-refractivity contribution in [3.05, 3.63) is 67.0 Å². The molecule has 0 saturated heterocycles. The molecule has 0 unspecified atom stereocenters. The third-order valence-electron chi connectivity index (χ3n) is 2.81. The first kappa shape index (κ1) is 16.3. The van der Waals surface area contributed by atoms with E-state index in [0.717, 1.165) is 15.6 Å². The zero-order chi connectivity index (χ0) is 15.6. The molecule has 2 aromatic carbocycles. The van der Waals surface area contributed by atoms with Crippen molar-refractivity contribution in [3.63, 3.8) is 0 Å². The lowest BCUT2D eigenvalue weighted by Crippen LogP contribution is -1.97. The summed E-state index contributed by atoms with van der Waals surface area (Å²) in [4.78, 5) is 11.1. The molecule has 2 aromatic rings. The number of carboxylic acid groups (broad SMARTS) is 1. The van der Waals surface area contributed by atoms with E-state index in [4.69, 9.17) is 10.8 Å². The van der Waals surface area contributed by atoms with E-state index in [1.165, 1.54) is 6.08 Å². The zero-order valence-electron chi connectivity index (χ0n) is 10.6. The van der Waals surface area contributed by atoms with Gasteiger partial charge in [-0.2, -0.15) is 0 Å². The van der Waals surface area contributed by atoms with Crippen molar-refractivity contribution in [2.75, 3.05) is 5.73 Å². The quantitative estimate of drug-likeness (QED) is 0.481. The largest absolute Gasteiger partial charge is 0.478 e. The van der Waals surface area contributed by atoms with Gasteiger partial charge in [0, 0.05) is 19.5 Å². The van der Waals surface area contributed by atoms with E-state index in [9.17, 15) is 4.79 Å². The van der Waals surface area contributed by atoms with Crippen molar-refractivity contribution in [2.24, 2.45) is 0 Å². The Morgan fingerprint density at radius 1 is 1.00 bits per heavy atom. The van der Waals surface area contributed by atoms with Crippen LogP contribution in [0.25, 0.3) is 5.57 Å². The molecular formula is C15H10Br3NO2. The van der Waals surface area contributed by atoms with Crippen LogP contribution in [-0.4, -0.2) is 11.1 Å². The molecule has 0 atom stereocenters. The van der Waals surface area contributed by atoms with E-state index in [2.05, 4.69) is 47.8 Å². The number of halogens is 3. The Balaban J connectivity index is 2.62. The lowest BCUT2D eigenvalue weighted by molar-refractivity contribution is -0.131. The van der Waals surface area contributed by atoms with Crippen LogP contribution < -0.4 is 5.73 Å². The Kier molecular flexibility index (Phi) is 5.24. The number of carbonyl (C=O) groups is 1. The highest BCUT2D eigenvalue weighted by atomic mass is 79.9. The molecule has 21 heavy (non-hydrogen) atoms. The molecule has 0 radical (unpaired) electrons. The third kappa shape index (κ3) is 3.96. The number of nitrogens with two attached hydrogens (primary N) is 1. The minimum absolute atomic E-state index is 0.573. The van der Waals surface area contributed by atoms with Gasteiger partial charge in [-0.15, -0.1) is 0 Å². The van der Waals surface area contributed by atoms with Gasteiger partial charge >= 0.3 is 5.97 Å². The standard InChI is InChI=1S/C15H10Br3NO2/c16-10-3-1-8(2-4-10)11(7-14(20)21)9-5-12(17)15(19)13(18)6-9/h1-7H,19H2,(H,20,21)/b11-7+. The first-order chi connectivity index (χ1) is 9.88. The number of nitrogen functional groups attached to an aromatic ring is 1. The van der Waals surface area contributed by atoms with Crippen molar-refractivity contribution in [1.29, 1.82) is 0 Å². The molecule has 0 bridgehead atoms. The molecule has 0 aromatic heterocycles. The second-order valence-corrected chi connectivity index (χ2v) is 6.88. The Morgan fingerprint density at radius 2 is 1.52 bits per heavy atom. The van der Waals surface area contributed by atoms with Crippen LogP contribution >= 0.6 is 47.8 Å². The van der Waals surface area contributed by atoms with Crippen LogP contribution in [0.15, 0.2) is 55.9 Å². The van der Waals surface area contributed by atoms with Gasteiger partial charge in [-0.1, -0.05) is 28.1 Å². The van der Waals surface area contributed by atoms with E-state index in [0.29, 0.717) is 20.2 Å². The molecule has 0 aliphatic heterocycles. The third-order valence-corrected chi connectivity index (χ3v) is 4.65. The van der Waals surface area contributed by atoms with Crippen molar-refractivity contribution in [3.8, 4) is 0 Å². The Labute approximate surface area is 147 Å². The molecule has 0 aliphatic rings. The Hall–Kier alpha value is -1.11. The van der Waals surface area contributed by atoms with E-state index in [1.807, 2.05) is 24.3 Å². The minimum atomic E-state index is -1.00. The van der Waals surface area contributed by atoms with Crippen LogP contribution in [-0.2, 0) is 4.79 Å². The highest BCUT2D eigenvalue weighted by Crippen LogP contribution is 2.34. The topological polar surface area (TPSA) is 63.3 Å². The molecule has 0 heterocycles. The monoisotopic (exact) mass is 473 g/mol. The van der Waals surface area contributed by atoms with E-state index >= 15 is 0 Å². The lowest BCUT2D eigenvalue weighted by atomic mass is 9.97. The summed E-state index contributed by atoms with van der Waals surface area (Å²) in [6.45, 7) is 0. The summed E-state index contributed by atoms with van der Waals surface area (Å²) in [6, 6.07) is 11.1. The maximum Gasteiger partial charge on any atom is 0.328 e. The molecule has 6 heteroatoms. The molecular weight excluding hydrogens is 466 g/mol. The zero-order valence-corrected chi connectivity index (χ0v) is 15.4. The summed E-state index contributed by atoms with van der Waals surface area (Å²) >= 11 is 10.1. The Bertz CT molecular complexity index is 701. The molecule has 2 rings (SSSR count). The highest BCUT2D eigenvalue weighted by Gasteiger charge is 2.11.